The summed E-state index contributed by atoms with van der Waals surface area (Å²) >= 11 is 0. The number of hydrogen-bond donors (Lipinski definition) is 0. The maximum atomic E-state index is 5.32. The van der Waals surface area contributed by atoms with Crippen LogP contribution in [-0.2, 0) is 0 Å². The lowest BCUT2D eigenvalue weighted by atomic mass is 10.0. The van der Waals surface area contributed by atoms with E-state index >= 15 is 0 Å². The molecule has 0 radical (unpaired) electrons. The van der Waals surface area contributed by atoms with Gasteiger partial charge in [-0.2, -0.15) is 0 Å². The molecule has 0 aliphatic carbocycles. The highest BCUT2D eigenvalue weighted by molar-refractivity contribution is 6.28. The molecule has 10 aromatic rings. The predicted molar refractivity (Wildman–Crippen MR) is 199 cm³/mol. The quantitative estimate of drug-likeness (QED) is 0.198. The first kappa shape index (κ1) is 26.7. The summed E-state index contributed by atoms with van der Waals surface area (Å²) in [5.74, 6) is 0.650. The van der Waals surface area contributed by atoms with Gasteiger partial charge in [-0.05, 0) is 59.3 Å². The molecule has 0 aliphatic rings. The van der Waals surface area contributed by atoms with E-state index in [0.717, 1.165) is 39.2 Å². The second kappa shape index (κ2) is 10.5. The zero-order valence-electron chi connectivity index (χ0n) is 26.0. The summed E-state index contributed by atoms with van der Waals surface area (Å²) in [6.07, 6.45) is 0. The van der Waals surface area contributed by atoms with Crippen LogP contribution in [0.4, 0.5) is 0 Å². The second-order valence-corrected chi connectivity index (χ2v) is 12.3. The van der Waals surface area contributed by atoms with E-state index in [0.29, 0.717) is 5.95 Å². The third-order valence-corrected chi connectivity index (χ3v) is 9.52. The Kier molecular flexibility index (Phi) is 5.84. The van der Waals surface area contributed by atoms with Gasteiger partial charge >= 0.3 is 0 Å². The number of aromatic nitrogens is 4. The molecule has 0 amide bonds. The predicted octanol–water partition coefficient (Wildman–Crippen LogP) is 11.2. The molecular formula is C44H28N4. The molecule has 10 rings (SSSR count). The molecule has 3 heterocycles. The van der Waals surface area contributed by atoms with Crippen molar-refractivity contribution < 1.29 is 0 Å². The van der Waals surface area contributed by atoms with Crippen molar-refractivity contribution in [3.05, 3.63) is 170 Å². The van der Waals surface area contributed by atoms with E-state index in [1.807, 2.05) is 6.07 Å². The van der Waals surface area contributed by atoms with E-state index in [-0.39, 0.29) is 0 Å². The Bertz CT molecular complexity index is 2830. The Morgan fingerprint density at radius 2 is 0.896 bits per heavy atom. The van der Waals surface area contributed by atoms with E-state index in [9.17, 15) is 0 Å². The number of hydrogen-bond acceptors (Lipinski definition) is 2. The van der Waals surface area contributed by atoms with Crippen LogP contribution in [0.2, 0.25) is 0 Å². The van der Waals surface area contributed by atoms with Crippen LogP contribution in [0, 0.1) is 0 Å². The summed E-state index contributed by atoms with van der Waals surface area (Å²) in [6.45, 7) is 0. The third kappa shape index (κ3) is 4.03. The monoisotopic (exact) mass is 612 g/mol. The molecule has 0 N–H and O–H groups in total. The third-order valence-electron chi connectivity index (χ3n) is 9.52. The van der Waals surface area contributed by atoms with E-state index in [1.165, 1.54) is 43.4 Å². The van der Waals surface area contributed by atoms with Gasteiger partial charge in [0.15, 0.2) is 0 Å². The van der Waals surface area contributed by atoms with E-state index in [4.69, 9.17) is 9.97 Å². The maximum absolute atomic E-state index is 5.32. The maximum Gasteiger partial charge on any atom is 0.235 e. The van der Waals surface area contributed by atoms with Crippen LogP contribution in [0.3, 0.4) is 0 Å². The molecule has 0 bridgehead atoms. The first-order valence-corrected chi connectivity index (χ1v) is 16.3. The first-order valence-electron chi connectivity index (χ1n) is 16.3. The van der Waals surface area contributed by atoms with Gasteiger partial charge in [0, 0.05) is 38.4 Å². The van der Waals surface area contributed by atoms with E-state index in [1.54, 1.807) is 0 Å². The van der Waals surface area contributed by atoms with Crippen LogP contribution in [0.25, 0.3) is 88.5 Å². The molecule has 0 aliphatic heterocycles. The van der Waals surface area contributed by atoms with Gasteiger partial charge in [0.05, 0.1) is 33.5 Å². The fraction of sp³-hybridized carbons (Fsp3) is 0. The van der Waals surface area contributed by atoms with Crippen LogP contribution in [0.1, 0.15) is 0 Å². The van der Waals surface area contributed by atoms with Crippen molar-refractivity contribution in [2.75, 3.05) is 0 Å². The Hall–Kier alpha value is -6.52. The largest absolute Gasteiger partial charge is 0.309 e. The fourth-order valence-electron chi connectivity index (χ4n) is 7.38. The Balaban J connectivity index is 1.31. The normalized spacial score (nSPS) is 11.8. The highest BCUT2D eigenvalue weighted by atomic mass is 15.2. The van der Waals surface area contributed by atoms with Gasteiger partial charge in [-0.1, -0.05) is 121 Å². The number of nitrogens with zero attached hydrogens (tertiary/aromatic N) is 4. The smallest absolute Gasteiger partial charge is 0.235 e. The van der Waals surface area contributed by atoms with Gasteiger partial charge in [0.25, 0.3) is 0 Å². The number of rotatable bonds is 4. The Morgan fingerprint density at radius 1 is 0.354 bits per heavy atom. The molecule has 0 fully saturated rings. The van der Waals surface area contributed by atoms with Crippen molar-refractivity contribution in [1.29, 1.82) is 0 Å². The highest BCUT2D eigenvalue weighted by Gasteiger charge is 2.22. The van der Waals surface area contributed by atoms with Crippen molar-refractivity contribution in [3.8, 4) is 34.2 Å². The molecule has 0 atom stereocenters. The van der Waals surface area contributed by atoms with Crippen molar-refractivity contribution in [2.45, 2.75) is 0 Å². The van der Waals surface area contributed by atoms with Gasteiger partial charge in [-0.25, -0.2) is 9.97 Å². The van der Waals surface area contributed by atoms with Gasteiger partial charge in [-0.3, -0.25) is 4.57 Å². The summed E-state index contributed by atoms with van der Waals surface area (Å²) in [4.78, 5) is 10.6. The van der Waals surface area contributed by atoms with Gasteiger partial charge in [-0.15, -0.1) is 0 Å². The molecule has 7 aromatic carbocycles. The highest BCUT2D eigenvalue weighted by Crippen LogP contribution is 2.42. The van der Waals surface area contributed by atoms with Crippen molar-refractivity contribution in [1.82, 2.24) is 19.1 Å². The summed E-state index contributed by atoms with van der Waals surface area (Å²) in [7, 11) is 0. The topological polar surface area (TPSA) is 35.6 Å². The second-order valence-electron chi connectivity index (χ2n) is 12.3. The molecule has 0 saturated heterocycles. The average Bonchev–Trinajstić information content (AvgIpc) is 3.68. The van der Waals surface area contributed by atoms with Crippen LogP contribution in [0.5, 0.6) is 0 Å². The SMILES string of the molecule is c1ccc(-c2cc(-c3ccc4ccccc4c3)nc(-n3c4ccccc4c4c5c6ccccc6n(-c6ccccc6)c5ccc43)n2)cc1. The number of benzene rings is 7. The summed E-state index contributed by atoms with van der Waals surface area (Å²) < 4.78 is 4.62. The standard InChI is InChI=1S/C44H28N4/c1-3-14-30(15-4-1)36-28-37(32-24-23-29-13-7-8-16-31(29)27-32)46-44(45-36)48-39-22-12-10-20-35(39)43-41(48)26-25-40-42(43)34-19-9-11-21-38(34)47(40)33-17-5-2-6-18-33/h1-28H. The first-order chi connectivity index (χ1) is 23.8. The van der Waals surface area contributed by atoms with E-state index in [2.05, 4.69) is 173 Å². The lowest BCUT2D eigenvalue weighted by Gasteiger charge is -2.12. The number of para-hydroxylation sites is 3. The molecule has 4 nitrogen and oxygen atoms in total. The molecule has 224 valence electrons. The zero-order valence-corrected chi connectivity index (χ0v) is 26.0. The fourth-order valence-corrected chi connectivity index (χ4v) is 7.38. The lowest BCUT2D eigenvalue weighted by Crippen LogP contribution is -2.04. The minimum Gasteiger partial charge on any atom is -0.309 e. The molecule has 48 heavy (non-hydrogen) atoms. The lowest BCUT2D eigenvalue weighted by molar-refractivity contribution is 0.996. The Labute approximate surface area is 276 Å². The molecule has 4 heteroatoms. The van der Waals surface area contributed by atoms with Crippen LogP contribution in [0.15, 0.2) is 170 Å². The summed E-state index contributed by atoms with van der Waals surface area (Å²) in [5, 5.41) is 7.23. The zero-order chi connectivity index (χ0) is 31.6. The summed E-state index contributed by atoms with van der Waals surface area (Å²) in [5.41, 5.74) is 9.54. The summed E-state index contributed by atoms with van der Waals surface area (Å²) in [6, 6.07) is 60.0. The number of fused-ring (bicyclic) bond motifs is 8. The molecule has 0 saturated carbocycles. The molecular weight excluding hydrogens is 585 g/mol. The van der Waals surface area contributed by atoms with Gasteiger partial charge in [0.1, 0.15) is 0 Å². The molecule has 0 spiro atoms. The van der Waals surface area contributed by atoms with Gasteiger partial charge in [0.2, 0.25) is 5.95 Å². The minimum absolute atomic E-state index is 0.650. The van der Waals surface area contributed by atoms with Gasteiger partial charge < -0.3 is 4.57 Å². The van der Waals surface area contributed by atoms with Crippen molar-refractivity contribution >= 4 is 54.4 Å². The van der Waals surface area contributed by atoms with Crippen molar-refractivity contribution in [2.24, 2.45) is 0 Å². The average molecular weight is 613 g/mol. The van der Waals surface area contributed by atoms with Crippen LogP contribution >= 0.6 is 0 Å². The van der Waals surface area contributed by atoms with Crippen LogP contribution in [-0.4, -0.2) is 19.1 Å². The van der Waals surface area contributed by atoms with E-state index < -0.39 is 0 Å². The minimum atomic E-state index is 0.650. The van der Waals surface area contributed by atoms with Crippen molar-refractivity contribution in [3.63, 3.8) is 0 Å². The van der Waals surface area contributed by atoms with Crippen LogP contribution < -0.4 is 0 Å². The molecule has 3 aromatic heterocycles. The molecule has 0 unspecified atom stereocenters. The Morgan fingerprint density at radius 3 is 1.60 bits per heavy atom.